The summed E-state index contributed by atoms with van der Waals surface area (Å²) in [5.74, 6) is 5.17. The lowest BCUT2D eigenvalue weighted by molar-refractivity contribution is -0.166. The largest absolute Gasteiger partial charge is 0.463 e. The van der Waals surface area contributed by atoms with Crippen molar-refractivity contribution in [3.63, 3.8) is 0 Å². The number of esters is 4. The van der Waals surface area contributed by atoms with Gasteiger partial charge in [0.15, 0.2) is 6.10 Å². The number of hydrogen-bond donors (Lipinski definition) is 0. The minimum absolute atomic E-state index is 0.0339. The standard InChI is InChI=1S/C31H44O8/c1-7-9-12-20(3)28(38-22(5)32)16-15-26-27-18-24(17-25(27)19-29(26)39-23(6)33)13-10-11-14-30(34)37-21(4)31(35)36-8-2/h13,15-16,20-21,25-29H,8,10-12,14,17-19H2,1-6H3/b16-15+,24-13+/t20?,21-,25+,26-,27+,28-,29-/m1/s1. The molecule has 2 aliphatic carbocycles. The number of carbonyl (C=O) groups excluding carboxylic acids is 4. The van der Waals surface area contributed by atoms with E-state index in [0.29, 0.717) is 24.7 Å². The Labute approximate surface area is 232 Å². The lowest BCUT2D eigenvalue weighted by Gasteiger charge is -2.23. The fourth-order valence-electron chi connectivity index (χ4n) is 5.52. The molecule has 7 atom stereocenters. The fourth-order valence-corrected chi connectivity index (χ4v) is 5.52. The monoisotopic (exact) mass is 544 g/mol. The van der Waals surface area contributed by atoms with Crippen molar-refractivity contribution in [1.82, 2.24) is 0 Å². The van der Waals surface area contributed by atoms with Gasteiger partial charge in [-0.3, -0.25) is 14.4 Å². The Hall–Kier alpha value is -3.08. The van der Waals surface area contributed by atoms with Gasteiger partial charge in [0, 0.05) is 38.5 Å². The van der Waals surface area contributed by atoms with Crippen LogP contribution < -0.4 is 0 Å². The average Bonchev–Trinajstić information content (AvgIpc) is 3.39. The second-order valence-electron chi connectivity index (χ2n) is 10.5. The van der Waals surface area contributed by atoms with Crippen LogP contribution in [0.4, 0.5) is 0 Å². The SMILES string of the molecule is CC#CCC(C)[C@@H](/C=C/[C@@H]1[C@H]2C/C(=C/CCCC(=O)O[C@H](C)C(=O)OCC)C[C@H]2C[C@H]1OC(C)=O)OC(C)=O. The first-order chi connectivity index (χ1) is 18.5. The van der Waals surface area contributed by atoms with Crippen LogP contribution in [0.1, 0.15) is 86.5 Å². The summed E-state index contributed by atoms with van der Waals surface area (Å²) in [7, 11) is 0. The van der Waals surface area contributed by atoms with E-state index in [4.69, 9.17) is 18.9 Å². The summed E-state index contributed by atoms with van der Waals surface area (Å²) in [6, 6.07) is 0. The van der Waals surface area contributed by atoms with Crippen LogP contribution in [0, 0.1) is 35.5 Å². The molecule has 8 nitrogen and oxygen atoms in total. The third-order valence-electron chi connectivity index (χ3n) is 7.34. The van der Waals surface area contributed by atoms with Gasteiger partial charge in [-0.1, -0.05) is 24.6 Å². The molecular formula is C31H44O8. The molecule has 39 heavy (non-hydrogen) atoms. The lowest BCUT2D eigenvalue weighted by atomic mass is 9.89. The first-order valence-electron chi connectivity index (χ1n) is 14.0. The summed E-state index contributed by atoms with van der Waals surface area (Å²) in [5.41, 5.74) is 1.35. The zero-order valence-electron chi connectivity index (χ0n) is 24.2. The van der Waals surface area contributed by atoms with E-state index in [9.17, 15) is 19.2 Å². The van der Waals surface area contributed by atoms with Gasteiger partial charge in [-0.05, 0) is 70.8 Å². The maximum atomic E-state index is 12.0. The molecular weight excluding hydrogens is 500 g/mol. The van der Waals surface area contributed by atoms with Gasteiger partial charge in [0.2, 0.25) is 0 Å². The summed E-state index contributed by atoms with van der Waals surface area (Å²) in [5, 5.41) is 0. The second-order valence-corrected chi connectivity index (χ2v) is 10.5. The number of rotatable bonds is 13. The van der Waals surface area contributed by atoms with Crippen LogP contribution in [0.2, 0.25) is 0 Å². The smallest absolute Gasteiger partial charge is 0.347 e. The third kappa shape index (κ3) is 10.5. The Morgan fingerprint density at radius 3 is 2.46 bits per heavy atom. The molecule has 0 saturated heterocycles. The summed E-state index contributed by atoms with van der Waals surface area (Å²) in [6.45, 7) is 10.1. The lowest BCUT2D eigenvalue weighted by Crippen LogP contribution is -2.26. The fraction of sp³-hybridized carbons (Fsp3) is 0.677. The van der Waals surface area contributed by atoms with Gasteiger partial charge in [0.05, 0.1) is 6.61 Å². The second kappa shape index (κ2) is 16.1. The van der Waals surface area contributed by atoms with Crippen molar-refractivity contribution >= 4 is 23.9 Å². The van der Waals surface area contributed by atoms with Crippen LogP contribution in [0.25, 0.3) is 0 Å². The van der Waals surface area contributed by atoms with E-state index in [-0.39, 0.29) is 42.9 Å². The van der Waals surface area contributed by atoms with Crippen LogP contribution in [0.3, 0.4) is 0 Å². The minimum Gasteiger partial charge on any atom is -0.463 e. The van der Waals surface area contributed by atoms with Gasteiger partial charge >= 0.3 is 23.9 Å². The highest BCUT2D eigenvalue weighted by Crippen LogP contribution is 2.51. The Bertz CT molecular complexity index is 984. The van der Waals surface area contributed by atoms with E-state index in [1.165, 1.54) is 26.3 Å². The molecule has 0 bridgehead atoms. The molecule has 0 spiro atoms. The van der Waals surface area contributed by atoms with Crippen LogP contribution in [0.15, 0.2) is 23.8 Å². The van der Waals surface area contributed by atoms with Crippen molar-refractivity contribution in [2.45, 2.75) is 105 Å². The summed E-state index contributed by atoms with van der Waals surface area (Å²) in [4.78, 5) is 47.2. The molecule has 0 amide bonds. The van der Waals surface area contributed by atoms with Crippen LogP contribution >= 0.6 is 0 Å². The first kappa shape index (κ1) is 32.1. The molecule has 0 aromatic rings. The van der Waals surface area contributed by atoms with Gasteiger partial charge in [-0.15, -0.1) is 11.8 Å². The molecule has 2 saturated carbocycles. The van der Waals surface area contributed by atoms with E-state index in [2.05, 4.69) is 24.0 Å². The van der Waals surface area contributed by atoms with Gasteiger partial charge < -0.3 is 18.9 Å². The van der Waals surface area contributed by atoms with Gasteiger partial charge in [-0.2, -0.15) is 0 Å². The molecule has 0 aromatic heterocycles. The Morgan fingerprint density at radius 2 is 1.82 bits per heavy atom. The highest BCUT2D eigenvalue weighted by atomic mass is 16.6. The summed E-state index contributed by atoms with van der Waals surface area (Å²) < 4.78 is 21.3. The molecule has 0 heterocycles. The molecule has 0 radical (unpaired) electrons. The van der Waals surface area contributed by atoms with Crippen molar-refractivity contribution in [3.8, 4) is 11.8 Å². The van der Waals surface area contributed by atoms with Crippen LogP contribution in [-0.4, -0.2) is 48.8 Å². The number of allylic oxidation sites excluding steroid dienone is 2. The molecule has 0 aromatic carbocycles. The van der Waals surface area contributed by atoms with Crippen molar-refractivity contribution < 1.29 is 38.1 Å². The maximum Gasteiger partial charge on any atom is 0.347 e. The normalized spacial score (nSPS) is 25.2. The number of hydrogen-bond acceptors (Lipinski definition) is 8. The molecule has 1 unspecified atom stereocenters. The summed E-state index contributed by atoms with van der Waals surface area (Å²) in [6.07, 6.45) is 9.59. The van der Waals surface area contributed by atoms with Crippen molar-refractivity contribution in [2.75, 3.05) is 6.61 Å². The predicted octanol–water partition coefficient (Wildman–Crippen LogP) is 5.09. The zero-order valence-corrected chi connectivity index (χ0v) is 24.2. The highest BCUT2D eigenvalue weighted by Gasteiger charge is 2.47. The van der Waals surface area contributed by atoms with E-state index < -0.39 is 24.1 Å². The minimum atomic E-state index is -0.900. The Morgan fingerprint density at radius 1 is 1.08 bits per heavy atom. The molecule has 8 heteroatoms. The first-order valence-corrected chi connectivity index (χ1v) is 14.0. The van der Waals surface area contributed by atoms with E-state index in [1.807, 2.05) is 13.0 Å². The molecule has 2 aliphatic rings. The maximum absolute atomic E-state index is 12.0. The van der Waals surface area contributed by atoms with Gasteiger partial charge in [0.1, 0.15) is 12.2 Å². The topological polar surface area (TPSA) is 105 Å². The number of unbranched alkanes of at least 4 members (excludes halogenated alkanes) is 1. The van der Waals surface area contributed by atoms with E-state index in [1.54, 1.807) is 13.8 Å². The summed E-state index contributed by atoms with van der Waals surface area (Å²) >= 11 is 0. The molecule has 0 aliphatic heterocycles. The zero-order chi connectivity index (χ0) is 28.9. The van der Waals surface area contributed by atoms with E-state index in [0.717, 1.165) is 25.7 Å². The molecule has 2 rings (SSSR count). The number of fused-ring (bicyclic) bond motifs is 1. The average molecular weight is 545 g/mol. The van der Waals surface area contributed by atoms with Crippen molar-refractivity contribution in [3.05, 3.63) is 23.8 Å². The number of carbonyl (C=O) groups is 4. The number of ether oxygens (including phenoxy) is 4. The molecule has 0 N–H and O–H groups in total. The Balaban J connectivity index is 1.99. The quantitative estimate of drug-likeness (QED) is 0.104. The van der Waals surface area contributed by atoms with Crippen molar-refractivity contribution in [1.29, 1.82) is 0 Å². The van der Waals surface area contributed by atoms with E-state index >= 15 is 0 Å². The molecule has 216 valence electrons. The van der Waals surface area contributed by atoms with Gasteiger partial charge in [-0.25, -0.2) is 4.79 Å². The third-order valence-corrected chi connectivity index (χ3v) is 7.34. The van der Waals surface area contributed by atoms with Crippen LogP contribution in [-0.2, 0) is 38.1 Å². The van der Waals surface area contributed by atoms with Crippen molar-refractivity contribution in [2.24, 2.45) is 23.7 Å². The molecule has 2 fully saturated rings. The van der Waals surface area contributed by atoms with Crippen LogP contribution in [0.5, 0.6) is 0 Å². The highest BCUT2D eigenvalue weighted by molar-refractivity contribution is 5.79. The van der Waals surface area contributed by atoms with Gasteiger partial charge in [0.25, 0.3) is 0 Å². The predicted molar refractivity (Wildman–Crippen MR) is 146 cm³/mol. The Kier molecular flexibility index (Phi) is 13.3.